The van der Waals surface area contributed by atoms with Gasteiger partial charge < -0.3 is 15.1 Å². The Morgan fingerprint density at radius 1 is 0.971 bits per heavy atom. The summed E-state index contributed by atoms with van der Waals surface area (Å²) in [6, 6.07) is 12.9. The SMILES string of the molecule is CCN1CCN(c2ccc(NC(=O)CCc3ccc(S(=O)(=O)N(CC)CC)cc3)cc2C)CC1. The Kier molecular flexibility index (Phi) is 9.10. The molecule has 1 N–H and O–H groups in total. The highest BCUT2D eigenvalue weighted by Gasteiger charge is 2.21. The van der Waals surface area contributed by atoms with E-state index in [2.05, 4.69) is 35.0 Å². The first-order chi connectivity index (χ1) is 16.3. The van der Waals surface area contributed by atoms with Crippen molar-refractivity contribution in [3.05, 3.63) is 53.6 Å². The van der Waals surface area contributed by atoms with E-state index in [1.165, 1.54) is 9.99 Å². The van der Waals surface area contributed by atoms with Crippen molar-refractivity contribution in [1.82, 2.24) is 9.21 Å². The molecule has 2 aromatic rings. The Bertz CT molecular complexity index is 1060. The Balaban J connectivity index is 1.54. The molecule has 1 fully saturated rings. The molecule has 0 aliphatic carbocycles. The van der Waals surface area contributed by atoms with Gasteiger partial charge in [0.2, 0.25) is 15.9 Å². The van der Waals surface area contributed by atoms with Crippen LogP contribution in [0, 0.1) is 6.92 Å². The third-order valence-corrected chi connectivity index (χ3v) is 8.61. The van der Waals surface area contributed by atoms with Gasteiger partial charge in [0.15, 0.2) is 0 Å². The van der Waals surface area contributed by atoms with Crippen molar-refractivity contribution >= 4 is 27.3 Å². The van der Waals surface area contributed by atoms with E-state index in [1.54, 1.807) is 24.3 Å². The fourth-order valence-corrected chi connectivity index (χ4v) is 5.87. The third kappa shape index (κ3) is 6.37. The Labute approximate surface area is 204 Å². The van der Waals surface area contributed by atoms with E-state index >= 15 is 0 Å². The molecule has 1 amide bonds. The zero-order valence-corrected chi connectivity index (χ0v) is 21.7. The Morgan fingerprint density at radius 3 is 2.18 bits per heavy atom. The highest BCUT2D eigenvalue weighted by molar-refractivity contribution is 7.89. The first-order valence-electron chi connectivity index (χ1n) is 12.2. The lowest BCUT2D eigenvalue weighted by Crippen LogP contribution is -2.46. The van der Waals surface area contributed by atoms with Crippen LogP contribution in [0.5, 0.6) is 0 Å². The van der Waals surface area contributed by atoms with Crippen molar-refractivity contribution < 1.29 is 13.2 Å². The number of hydrogen-bond donors (Lipinski definition) is 1. The standard InChI is InChI=1S/C26H38N4O3S/c1-5-28-16-18-29(19-17-28)25-14-11-23(20-21(25)4)27-26(31)15-10-22-8-12-24(13-9-22)34(32,33)30(6-2)7-3/h8-9,11-14,20H,5-7,10,15-19H2,1-4H3,(H,27,31). The molecule has 2 aromatic carbocycles. The van der Waals surface area contributed by atoms with Gasteiger partial charge in [-0.05, 0) is 61.3 Å². The van der Waals surface area contributed by atoms with Crippen molar-refractivity contribution in [2.24, 2.45) is 0 Å². The number of benzene rings is 2. The first-order valence-corrected chi connectivity index (χ1v) is 13.7. The van der Waals surface area contributed by atoms with E-state index in [1.807, 2.05) is 26.0 Å². The molecule has 7 nitrogen and oxygen atoms in total. The second-order valence-electron chi connectivity index (χ2n) is 8.70. The van der Waals surface area contributed by atoms with Crippen molar-refractivity contribution in [3.8, 4) is 0 Å². The summed E-state index contributed by atoms with van der Waals surface area (Å²) in [5, 5.41) is 3.00. The topological polar surface area (TPSA) is 73.0 Å². The lowest BCUT2D eigenvalue weighted by molar-refractivity contribution is -0.116. The number of carbonyl (C=O) groups excluding carboxylic acids is 1. The van der Waals surface area contributed by atoms with Gasteiger partial charge in [-0.2, -0.15) is 4.31 Å². The maximum Gasteiger partial charge on any atom is 0.243 e. The summed E-state index contributed by atoms with van der Waals surface area (Å²) in [6.45, 7) is 14.1. The second-order valence-corrected chi connectivity index (χ2v) is 10.6. The maximum atomic E-state index is 12.6. The van der Waals surface area contributed by atoms with E-state index < -0.39 is 10.0 Å². The highest BCUT2D eigenvalue weighted by atomic mass is 32.2. The van der Waals surface area contributed by atoms with Crippen molar-refractivity contribution in [1.29, 1.82) is 0 Å². The molecular weight excluding hydrogens is 448 g/mol. The predicted molar refractivity (Wildman–Crippen MR) is 139 cm³/mol. The minimum atomic E-state index is -3.46. The van der Waals surface area contributed by atoms with Crippen LogP contribution in [0.1, 0.15) is 38.3 Å². The molecule has 0 radical (unpaired) electrons. The average Bonchev–Trinajstić information content (AvgIpc) is 2.84. The summed E-state index contributed by atoms with van der Waals surface area (Å²) < 4.78 is 26.7. The van der Waals surface area contributed by atoms with Gasteiger partial charge in [-0.15, -0.1) is 0 Å². The quantitative estimate of drug-likeness (QED) is 0.554. The van der Waals surface area contributed by atoms with Crippen molar-refractivity contribution in [2.75, 3.05) is 56.0 Å². The van der Waals surface area contributed by atoms with Gasteiger partial charge in [0.25, 0.3) is 0 Å². The molecule has 0 unspecified atom stereocenters. The molecular formula is C26H38N4O3S. The van der Waals surface area contributed by atoms with Crippen LogP contribution in [0.4, 0.5) is 11.4 Å². The van der Waals surface area contributed by atoms with E-state index in [9.17, 15) is 13.2 Å². The third-order valence-electron chi connectivity index (χ3n) is 6.55. The first kappa shape index (κ1) is 26.2. The van der Waals surface area contributed by atoms with Crippen LogP contribution < -0.4 is 10.2 Å². The average molecular weight is 487 g/mol. The monoisotopic (exact) mass is 486 g/mol. The molecule has 3 rings (SSSR count). The molecule has 1 heterocycles. The maximum absolute atomic E-state index is 12.6. The van der Waals surface area contributed by atoms with Gasteiger partial charge in [0.05, 0.1) is 4.90 Å². The molecule has 1 saturated heterocycles. The van der Waals surface area contributed by atoms with Crippen LogP contribution in [0.3, 0.4) is 0 Å². The van der Waals surface area contributed by atoms with Crippen LogP contribution in [-0.2, 0) is 21.2 Å². The molecule has 34 heavy (non-hydrogen) atoms. The number of amides is 1. The number of piperazine rings is 1. The zero-order valence-electron chi connectivity index (χ0n) is 20.9. The summed E-state index contributed by atoms with van der Waals surface area (Å²) in [6.07, 6.45) is 0.887. The summed E-state index contributed by atoms with van der Waals surface area (Å²) in [7, 11) is -3.46. The van der Waals surface area contributed by atoms with Gasteiger partial charge in [0, 0.05) is 57.1 Å². The van der Waals surface area contributed by atoms with Crippen LogP contribution in [0.25, 0.3) is 0 Å². The smallest absolute Gasteiger partial charge is 0.243 e. The van der Waals surface area contributed by atoms with Crippen LogP contribution in [0.2, 0.25) is 0 Å². The number of nitrogens with one attached hydrogen (secondary N) is 1. The second kappa shape index (κ2) is 11.8. The molecule has 0 aromatic heterocycles. The van der Waals surface area contributed by atoms with Crippen LogP contribution in [0.15, 0.2) is 47.4 Å². The van der Waals surface area contributed by atoms with Gasteiger partial charge in [0.1, 0.15) is 0 Å². The lowest BCUT2D eigenvalue weighted by Gasteiger charge is -2.36. The van der Waals surface area contributed by atoms with Crippen LogP contribution in [-0.4, -0.2) is 69.3 Å². The summed E-state index contributed by atoms with van der Waals surface area (Å²) in [5.74, 6) is -0.0523. The molecule has 8 heteroatoms. The number of nitrogens with zero attached hydrogens (tertiary/aromatic N) is 3. The number of hydrogen-bond acceptors (Lipinski definition) is 5. The van der Waals surface area contributed by atoms with Crippen LogP contribution >= 0.6 is 0 Å². The molecule has 186 valence electrons. The fourth-order valence-electron chi connectivity index (χ4n) is 4.42. The normalized spacial score (nSPS) is 15.0. The fraction of sp³-hybridized carbons (Fsp3) is 0.500. The lowest BCUT2D eigenvalue weighted by atomic mass is 10.1. The van der Waals surface area contributed by atoms with E-state index in [-0.39, 0.29) is 10.8 Å². The van der Waals surface area contributed by atoms with E-state index in [0.29, 0.717) is 25.9 Å². The van der Waals surface area contributed by atoms with Gasteiger partial charge in [-0.25, -0.2) is 8.42 Å². The van der Waals surface area contributed by atoms with Gasteiger partial charge in [-0.1, -0.05) is 32.9 Å². The number of aryl methyl sites for hydroxylation is 2. The molecule has 0 bridgehead atoms. The minimum absolute atomic E-state index is 0.0523. The predicted octanol–water partition coefficient (Wildman–Crippen LogP) is 3.74. The summed E-state index contributed by atoms with van der Waals surface area (Å²) in [5.41, 5.74) is 4.13. The summed E-state index contributed by atoms with van der Waals surface area (Å²) in [4.78, 5) is 17.7. The zero-order chi connectivity index (χ0) is 24.7. The number of rotatable bonds is 10. The van der Waals surface area contributed by atoms with Gasteiger partial charge >= 0.3 is 0 Å². The number of anilines is 2. The Morgan fingerprint density at radius 2 is 1.62 bits per heavy atom. The number of sulfonamides is 1. The molecule has 0 saturated carbocycles. The molecule has 0 spiro atoms. The molecule has 0 atom stereocenters. The van der Waals surface area contributed by atoms with Crippen molar-refractivity contribution in [3.63, 3.8) is 0 Å². The van der Waals surface area contributed by atoms with E-state index in [4.69, 9.17) is 0 Å². The number of carbonyl (C=O) groups is 1. The highest BCUT2D eigenvalue weighted by Crippen LogP contribution is 2.25. The molecule has 1 aliphatic rings. The largest absolute Gasteiger partial charge is 0.369 e. The Hall–Kier alpha value is -2.42. The van der Waals surface area contributed by atoms with E-state index in [0.717, 1.165) is 49.5 Å². The van der Waals surface area contributed by atoms with Gasteiger partial charge in [-0.3, -0.25) is 4.79 Å². The summed E-state index contributed by atoms with van der Waals surface area (Å²) >= 11 is 0. The minimum Gasteiger partial charge on any atom is -0.369 e. The number of likely N-dealkylation sites (N-methyl/N-ethyl adjacent to an activating group) is 1. The van der Waals surface area contributed by atoms with Crippen molar-refractivity contribution in [2.45, 2.75) is 45.4 Å². The molecule has 1 aliphatic heterocycles.